The van der Waals surface area contributed by atoms with Gasteiger partial charge in [0.1, 0.15) is 6.17 Å². The summed E-state index contributed by atoms with van der Waals surface area (Å²) in [5.74, 6) is -3.17. The summed E-state index contributed by atoms with van der Waals surface area (Å²) in [7, 11) is 0. The summed E-state index contributed by atoms with van der Waals surface area (Å²) in [6.07, 6.45) is 2.33. The largest absolute Gasteiger partial charge is 0.504 e. The number of hydrogen-bond donors (Lipinski definition) is 1. The third kappa shape index (κ3) is 3.07. The predicted octanol–water partition coefficient (Wildman–Crippen LogP) is 3.48. The molecule has 2 fully saturated rings. The first-order valence-electron chi connectivity index (χ1n) is 11.0. The van der Waals surface area contributed by atoms with Crippen molar-refractivity contribution in [2.75, 3.05) is 19.8 Å². The molecule has 2 aromatic rings. The first-order chi connectivity index (χ1) is 16.5. The first-order valence-corrected chi connectivity index (χ1v) is 12.0. The lowest BCUT2D eigenvalue weighted by Gasteiger charge is -2.53. The lowest BCUT2D eigenvalue weighted by molar-refractivity contribution is -0.158. The molecule has 34 heavy (non-hydrogen) atoms. The van der Waals surface area contributed by atoms with Gasteiger partial charge in [-0.25, -0.2) is 8.78 Å². The van der Waals surface area contributed by atoms with E-state index in [-0.39, 0.29) is 30.0 Å². The smallest absolute Gasteiger partial charge is 0.257 e. The van der Waals surface area contributed by atoms with E-state index in [1.165, 1.54) is 17.8 Å². The highest BCUT2D eigenvalue weighted by Crippen LogP contribution is 2.47. The zero-order chi connectivity index (χ0) is 23.6. The van der Waals surface area contributed by atoms with Crippen LogP contribution < -0.4 is 0 Å². The summed E-state index contributed by atoms with van der Waals surface area (Å²) in [5.41, 5.74) is 1.72. The summed E-state index contributed by atoms with van der Waals surface area (Å²) < 4.78 is 35.1. The van der Waals surface area contributed by atoms with E-state index >= 15 is 4.39 Å². The van der Waals surface area contributed by atoms with Gasteiger partial charge in [-0.3, -0.25) is 14.5 Å². The fraction of sp³-hybridized carbons (Fsp3) is 0.280. The second kappa shape index (κ2) is 8.04. The number of ketones is 1. The molecule has 0 aromatic heterocycles. The first kappa shape index (κ1) is 21.5. The van der Waals surface area contributed by atoms with E-state index in [0.29, 0.717) is 12.2 Å². The van der Waals surface area contributed by atoms with Crippen LogP contribution in [0.25, 0.3) is 0 Å². The van der Waals surface area contributed by atoms with Crippen molar-refractivity contribution in [3.63, 3.8) is 0 Å². The maximum absolute atomic E-state index is 15.1. The van der Waals surface area contributed by atoms with Crippen molar-refractivity contribution >= 4 is 23.5 Å². The van der Waals surface area contributed by atoms with Crippen molar-refractivity contribution < 1.29 is 28.2 Å². The Balaban J connectivity index is 1.62. The Labute approximate surface area is 198 Å². The van der Waals surface area contributed by atoms with Gasteiger partial charge >= 0.3 is 0 Å². The molecule has 1 amide bonds. The summed E-state index contributed by atoms with van der Waals surface area (Å²) in [5, 5.41) is 10.6. The molecule has 174 valence electrons. The number of halogens is 2. The fourth-order valence-corrected chi connectivity index (χ4v) is 6.45. The highest BCUT2D eigenvalue weighted by Gasteiger charge is 2.51. The number of carbonyl (C=O) groups excluding carboxylic acids is 2. The molecular formula is C25H20F2N2O4S. The molecule has 2 aromatic carbocycles. The molecule has 9 heteroatoms. The number of thioether (sulfide) groups is 1. The molecule has 0 spiro atoms. The average molecular weight is 483 g/mol. The Bertz CT molecular complexity index is 1290. The fourth-order valence-electron chi connectivity index (χ4n) is 5.34. The molecule has 3 aliphatic heterocycles. The number of nitrogens with zero attached hydrogens (tertiary/aromatic N) is 2. The van der Waals surface area contributed by atoms with Gasteiger partial charge in [0.2, 0.25) is 5.78 Å². The summed E-state index contributed by atoms with van der Waals surface area (Å²) in [6.45, 7) is 0.824. The predicted molar refractivity (Wildman–Crippen MR) is 120 cm³/mol. The zero-order valence-electron chi connectivity index (χ0n) is 17.9. The van der Waals surface area contributed by atoms with Crippen molar-refractivity contribution in [2.24, 2.45) is 0 Å². The van der Waals surface area contributed by atoms with E-state index in [9.17, 15) is 19.1 Å². The van der Waals surface area contributed by atoms with Gasteiger partial charge in [-0.1, -0.05) is 30.3 Å². The summed E-state index contributed by atoms with van der Waals surface area (Å²) in [6, 6.07) is 9.04. The Kier molecular flexibility index (Phi) is 5.09. The SMILES string of the molecule is O=C1C=CC2C(=C1O)C(=O)N1CCOCC1N2C1c2ccccc2SCc2c1ccc(F)c2F. The number of carbonyl (C=O) groups is 2. The monoisotopic (exact) mass is 482 g/mol. The molecule has 3 unspecified atom stereocenters. The Morgan fingerprint density at radius 2 is 1.91 bits per heavy atom. The van der Waals surface area contributed by atoms with Gasteiger partial charge in [-0.05, 0) is 29.3 Å². The van der Waals surface area contributed by atoms with Gasteiger partial charge in [-0.15, -0.1) is 11.8 Å². The van der Waals surface area contributed by atoms with Crippen molar-refractivity contribution in [3.8, 4) is 0 Å². The number of benzene rings is 2. The number of aliphatic hydroxyl groups excluding tert-OH is 1. The molecule has 6 rings (SSSR count). The molecule has 6 nitrogen and oxygen atoms in total. The standard InChI is InChI=1S/C25H20F2N2O4S/c26-16-6-5-13-15(22(16)27)12-34-19-4-2-1-3-14(19)23(13)29-17-7-8-18(30)24(31)21(17)25(32)28-9-10-33-11-20(28)29/h1-8,17,20,23,31H,9-12H2. The lowest BCUT2D eigenvalue weighted by atomic mass is 9.85. The third-order valence-corrected chi connectivity index (χ3v) is 8.00. The molecule has 1 N–H and O–H groups in total. The zero-order valence-corrected chi connectivity index (χ0v) is 18.7. The van der Waals surface area contributed by atoms with E-state index in [1.807, 2.05) is 29.2 Å². The average Bonchev–Trinajstić information content (AvgIpc) is 3.01. The molecule has 4 aliphatic rings. The minimum Gasteiger partial charge on any atom is -0.504 e. The maximum Gasteiger partial charge on any atom is 0.257 e. The van der Waals surface area contributed by atoms with Crippen LogP contribution in [0.15, 0.2) is 64.8 Å². The molecule has 0 radical (unpaired) electrons. The Morgan fingerprint density at radius 1 is 1.09 bits per heavy atom. The van der Waals surface area contributed by atoms with Crippen LogP contribution in [-0.4, -0.2) is 58.6 Å². The normalized spacial score (nSPS) is 26.5. The quantitative estimate of drug-likeness (QED) is 0.671. The van der Waals surface area contributed by atoms with Crippen LogP contribution in [0, 0.1) is 11.6 Å². The minimum atomic E-state index is -0.915. The highest BCUT2D eigenvalue weighted by molar-refractivity contribution is 7.98. The van der Waals surface area contributed by atoms with Crippen LogP contribution in [0.3, 0.4) is 0 Å². The number of amides is 1. The van der Waals surface area contributed by atoms with Crippen LogP contribution in [0.2, 0.25) is 0 Å². The molecule has 2 saturated heterocycles. The maximum atomic E-state index is 15.1. The van der Waals surface area contributed by atoms with Crippen LogP contribution >= 0.6 is 11.8 Å². The van der Waals surface area contributed by atoms with Crippen LogP contribution in [0.1, 0.15) is 22.7 Å². The van der Waals surface area contributed by atoms with Crippen molar-refractivity contribution in [3.05, 3.63) is 88.2 Å². The molecule has 3 atom stereocenters. The van der Waals surface area contributed by atoms with Gasteiger partial charge in [0.15, 0.2) is 17.4 Å². The molecule has 1 aliphatic carbocycles. The Hall–Kier alpha value is -3.01. The van der Waals surface area contributed by atoms with E-state index in [0.717, 1.165) is 16.5 Å². The summed E-state index contributed by atoms with van der Waals surface area (Å²) in [4.78, 5) is 30.1. The number of fused-ring (bicyclic) bond motifs is 4. The second-order valence-corrected chi connectivity index (χ2v) is 9.61. The number of rotatable bonds is 1. The van der Waals surface area contributed by atoms with E-state index in [2.05, 4.69) is 0 Å². The Morgan fingerprint density at radius 3 is 2.76 bits per heavy atom. The number of hydrogen-bond acceptors (Lipinski definition) is 6. The lowest BCUT2D eigenvalue weighted by Crippen LogP contribution is -2.66. The van der Waals surface area contributed by atoms with Gasteiger partial charge in [0.25, 0.3) is 5.91 Å². The topological polar surface area (TPSA) is 70.1 Å². The molecule has 0 bridgehead atoms. The highest BCUT2D eigenvalue weighted by atomic mass is 32.2. The van der Waals surface area contributed by atoms with Crippen molar-refractivity contribution in [1.29, 1.82) is 0 Å². The number of allylic oxidation sites excluding steroid dienone is 1. The van der Waals surface area contributed by atoms with Crippen LogP contribution in [0.4, 0.5) is 8.78 Å². The third-order valence-electron chi connectivity index (χ3n) is 6.88. The van der Waals surface area contributed by atoms with E-state index < -0.39 is 47.3 Å². The molecule has 3 heterocycles. The van der Waals surface area contributed by atoms with Crippen molar-refractivity contribution in [2.45, 2.75) is 28.9 Å². The van der Waals surface area contributed by atoms with Gasteiger partial charge in [-0.2, -0.15) is 0 Å². The van der Waals surface area contributed by atoms with Gasteiger partial charge in [0.05, 0.1) is 30.9 Å². The second-order valence-electron chi connectivity index (χ2n) is 8.59. The van der Waals surface area contributed by atoms with Crippen LogP contribution in [0.5, 0.6) is 0 Å². The minimum absolute atomic E-state index is 0.00386. The van der Waals surface area contributed by atoms with Crippen molar-refractivity contribution in [1.82, 2.24) is 9.80 Å². The van der Waals surface area contributed by atoms with Crippen LogP contribution in [-0.2, 0) is 20.1 Å². The van der Waals surface area contributed by atoms with Gasteiger partial charge < -0.3 is 14.7 Å². The number of aliphatic hydroxyl groups is 1. The number of ether oxygens (including phenoxy) is 1. The molecular weight excluding hydrogens is 462 g/mol. The number of morpholine rings is 1. The van der Waals surface area contributed by atoms with E-state index in [1.54, 1.807) is 17.0 Å². The molecule has 0 saturated carbocycles. The summed E-state index contributed by atoms with van der Waals surface area (Å²) >= 11 is 1.42. The van der Waals surface area contributed by atoms with E-state index in [4.69, 9.17) is 4.74 Å². The van der Waals surface area contributed by atoms with Gasteiger partial charge in [0, 0.05) is 22.8 Å².